The van der Waals surface area contributed by atoms with E-state index in [0.717, 1.165) is 0 Å². The van der Waals surface area contributed by atoms with E-state index in [1.807, 2.05) is 0 Å². The summed E-state index contributed by atoms with van der Waals surface area (Å²) in [7, 11) is 1.71. The largest absolute Gasteiger partial charge is 0.334 e. The standard InChI is InChI=1S/C3H8N6S/c1-5-6-2-7-8-3(10)9(2)4/h5H,4H2,1H3,(H,6,7)(H,8,10). The summed E-state index contributed by atoms with van der Waals surface area (Å²) in [5.41, 5.74) is 5.33. The number of hydrogen-bond acceptors (Lipinski definition) is 5. The van der Waals surface area contributed by atoms with Crippen molar-refractivity contribution >= 4 is 18.2 Å². The van der Waals surface area contributed by atoms with Crippen LogP contribution in [0.2, 0.25) is 0 Å². The molecular weight excluding hydrogens is 152 g/mol. The number of hydrogen-bond donors (Lipinski definition) is 4. The number of rotatable bonds is 2. The molecule has 0 spiro atoms. The number of nitrogens with two attached hydrogens (primary N) is 1. The van der Waals surface area contributed by atoms with E-state index in [1.54, 1.807) is 7.05 Å². The zero-order valence-corrected chi connectivity index (χ0v) is 6.20. The van der Waals surface area contributed by atoms with Crippen LogP contribution in [0, 0.1) is 4.77 Å². The van der Waals surface area contributed by atoms with Gasteiger partial charge in [-0.25, -0.2) is 15.2 Å². The van der Waals surface area contributed by atoms with E-state index in [4.69, 9.17) is 18.1 Å². The summed E-state index contributed by atoms with van der Waals surface area (Å²) in [6.45, 7) is 0. The summed E-state index contributed by atoms with van der Waals surface area (Å²) in [6.07, 6.45) is 0. The van der Waals surface area contributed by atoms with Gasteiger partial charge in [0.2, 0.25) is 4.77 Å². The van der Waals surface area contributed by atoms with Gasteiger partial charge < -0.3 is 5.84 Å². The maximum atomic E-state index is 5.40. The lowest BCUT2D eigenvalue weighted by Gasteiger charge is -1.99. The van der Waals surface area contributed by atoms with Gasteiger partial charge in [-0.15, -0.1) is 5.10 Å². The summed E-state index contributed by atoms with van der Waals surface area (Å²) >= 11 is 4.74. The van der Waals surface area contributed by atoms with E-state index in [2.05, 4.69) is 21.0 Å². The third kappa shape index (κ3) is 1.09. The summed E-state index contributed by atoms with van der Waals surface area (Å²) in [4.78, 5) is 0. The predicted octanol–water partition coefficient (Wildman–Crippen LogP) is -0.799. The van der Waals surface area contributed by atoms with Crippen LogP contribution < -0.4 is 16.7 Å². The summed E-state index contributed by atoms with van der Waals surface area (Å²) in [5.74, 6) is 5.86. The quantitative estimate of drug-likeness (QED) is 0.259. The topological polar surface area (TPSA) is 83.7 Å². The first-order valence-corrected chi connectivity index (χ1v) is 3.01. The fraction of sp³-hybridized carbons (Fsp3) is 0.333. The highest BCUT2D eigenvalue weighted by atomic mass is 32.1. The number of hydrazine groups is 1. The number of aromatic amines is 1. The van der Waals surface area contributed by atoms with Crippen molar-refractivity contribution < 1.29 is 0 Å². The van der Waals surface area contributed by atoms with Crippen molar-refractivity contribution in [2.45, 2.75) is 0 Å². The van der Waals surface area contributed by atoms with Gasteiger partial charge in [-0.05, 0) is 12.2 Å². The van der Waals surface area contributed by atoms with Crippen molar-refractivity contribution in [1.29, 1.82) is 0 Å². The molecule has 0 aromatic carbocycles. The van der Waals surface area contributed by atoms with Crippen LogP contribution in [0.15, 0.2) is 0 Å². The Morgan fingerprint density at radius 2 is 2.50 bits per heavy atom. The average Bonchev–Trinajstić information content (AvgIpc) is 2.20. The predicted molar refractivity (Wildman–Crippen MR) is 40.2 cm³/mol. The third-order valence-electron chi connectivity index (χ3n) is 0.941. The highest BCUT2D eigenvalue weighted by Gasteiger charge is 1.97. The van der Waals surface area contributed by atoms with Gasteiger partial charge in [-0.3, -0.25) is 5.43 Å². The molecule has 1 aromatic rings. The molecule has 0 aliphatic carbocycles. The van der Waals surface area contributed by atoms with Crippen molar-refractivity contribution in [2.24, 2.45) is 0 Å². The molecule has 0 aliphatic heterocycles. The van der Waals surface area contributed by atoms with Crippen molar-refractivity contribution in [3.05, 3.63) is 4.77 Å². The molecule has 0 saturated heterocycles. The Kier molecular flexibility index (Phi) is 1.88. The van der Waals surface area contributed by atoms with Crippen LogP contribution in [0.4, 0.5) is 5.95 Å². The van der Waals surface area contributed by atoms with Crippen molar-refractivity contribution in [2.75, 3.05) is 18.3 Å². The van der Waals surface area contributed by atoms with Crippen LogP contribution in [-0.4, -0.2) is 21.9 Å². The minimum Gasteiger partial charge on any atom is -0.334 e. The van der Waals surface area contributed by atoms with Crippen LogP contribution in [0.25, 0.3) is 0 Å². The van der Waals surface area contributed by atoms with Crippen LogP contribution in [0.3, 0.4) is 0 Å². The number of nitrogen functional groups attached to an aromatic ring is 1. The Bertz CT molecular complexity index is 260. The lowest BCUT2D eigenvalue weighted by Crippen LogP contribution is -2.21. The van der Waals surface area contributed by atoms with Gasteiger partial charge in [0.1, 0.15) is 0 Å². The molecule has 1 heterocycles. The molecule has 0 saturated carbocycles. The highest BCUT2D eigenvalue weighted by Crippen LogP contribution is 1.94. The highest BCUT2D eigenvalue weighted by molar-refractivity contribution is 7.71. The molecule has 0 bridgehead atoms. The first-order valence-electron chi connectivity index (χ1n) is 2.61. The lowest BCUT2D eigenvalue weighted by atomic mass is 11.0. The SMILES string of the molecule is CNNc1n[nH]c(=S)n1N. The lowest BCUT2D eigenvalue weighted by molar-refractivity contribution is 0.895. The van der Waals surface area contributed by atoms with Crippen molar-refractivity contribution in [1.82, 2.24) is 20.3 Å². The van der Waals surface area contributed by atoms with Crippen LogP contribution in [0.1, 0.15) is 0 Å². The van der Waals surface area contributed by atoms with Crippen LogP contribution in [-0.2, 0) is 0 Å². The number of aromatic nitrogens is 3. The normalized spacial score (nSPS) is 9.70. The molecule has 5 N–H and O–H groups in total. The first kappa shape index (κ1) is 7.03. The summed E-state index contributed by atoms with van der Waals surface area (Å²) < 4.78 is 1.60. The van der Waals surface area contributed by atoms with Gasteiger partial charge in [-0.2, -0.15) is 0 Å². The Morgan fingerprint density at radius 3 is 2.90 bits per heavy atom. The zero-order chi connectivity index (χ0) is 7.56. The minimum atomic E-state index is 0.373. The van der Waals surface area contributed by atoms with Crippen LogP contribution >= 0.6 is 12.2 Å². The Morgan fingerprint density at radius 1 is 1.80 bits per heavy atom. The van der Waals surface area contributed by atoms with E-state index in [9.17, 15) is 0 Å². The molecule has 7 heteroatoms. The van der Waals surface area contributed by atoms with Gasteiger partial charge >= 0.3 is 0 Å². The molecule has 0 unspecified atom stereocenters. The average molecular weight is 160 g/mol. The number of nitrogens with one attached hydrogen (secondary N) is 3. The monoisotopic (exact) mass is 160 g/mol. The molecule has 10 heavy (non-hydrogen) atoms. The second-order valence-electron chi connectivity index (χ2n) is 1.60. The fourth-order valence-corrected chi connectivity index (χ4v) is 0.637. The molecule has 6 nitrogen and oxygen atoms in total. The summed E-state index contributed by atoms with van der Waals surface area (Å²) in [6, 6.07) is 0. The van der Waals surface area contributed by atoms with Crippen molar-refractivity contribution in [3.63, 3.8) is 0 Å². The molecule has 1 aromatic heterocycles. The Balaban J connectivity index is 2.94. The summed E-state index contributed by atoms with van der Waals surface area (Å²) in [5, 5.41) is 6.26. The fourth-order valence-electron chi connectivity index (χ4n) is 0.505. The second-order valence-corrected chi connectivity index (χ2v) is 1.98. The molecule has 0 fully saturated rings. The smallest absolute Gasteiger partial charge is 0.256 e. The molecule has 0 radical (unpaired) electrons. The van der Waals surface area contributed by atoms with E-state index < -0.39 is 0 Å². The van der Waals surface area contributed by atoms with Gasteiger partial charge in [-0.1, -0.05) is 0 Å². The molecule has 0 amide bonds. The van der Waals surface area contributed by atoms with E-state index in [-0.39, 0.29) is 0 Å². The minimum absolute atomic E-state index is 0.373. The molecule has 0 aliphatic rings. The van der Waals surface area contributed by atoms with E-state index >= 15 is 0 Å². The van der Waals surface area contributed by atoms with Gasteiger partial charge in [0.05, 0.1) is 0 Å². The molecular formula is C3H8N6S. The first-order chi connectivity index (χ1) is 4.75. The maximum Gasteiger partial charge on any atom is 0.256 e. The van der Waals surface area contributed by atoms with E-state index in [1.165, 1.54) is 4.68 Å². The van der Waals surface area contributed by atoms with E-state index in [0.29, 0.717) is 10.7 Å². The zero-order valence-electron chi connectivity index (χ0n) is 5.38. The number of anilines is 1. The molecule has 0 atom stereocenters. The molecule has 56 valence electrons. The van der Waals surface area contributed by atoms with Crippen molar-refractivity contribution in [3.8, 4) is 0 Å². The maximum absolute atomic E-state index is 5.40. The Hall–Kier alpha value is -1.08. The molecule has 1 rings (SSSR count). The van der Waals surface area contributed by atoms with Gasteiger partial charge in [0.15, 0.2) is 0 Å². The number of H-pyrrole nitrogens is 1. The third-order valence-corrected chi connectivity index (χ3v) is 1.23. The number of nitrogens with zero attached hydrogens (tertiary/aromatic N) is 2. The van der Waals surface area contributed by atoms with Gasteiger partial charge in [0, 0.05) is 7.05 Å². The Labute approximate surface area is 62.4 Å². The van der Waals surface area contributed by atoms with Gasteiger partial charge in [0.25, 0.3) is 5.95 Å². The second kappa shape index (κ2) is 2.67. The van der Waals surface area contributed by atoms with Crippen LogP contribution in [0.5, 0.6) is 0 Å².